The molecule has 0 bridgehead atoms. The highest BCUT2D eigenvalue weighted by molar-refractivity contribution is 5.85. The van der Waals surface area contributed by atoms with E-state index in [2.05, 4.69) is 63.2 Å². The lowest BCUT2D eigenvalue weighted by atomic mass is 9.87. The molecule has 0 aliphatic carbocycles. The Kier molecular flexibility index (Phi) is 4.88. The summed E-state index contributed by atoms with van der Waals surface area (Å²) >= 11 is 0. The van der Waals surface area contributed by atoms with E-state index in [-0.39, 0.29) is 18.4 Å². The third-order valence-corrected chi connectivity index (χ3v) is 4.51. The number of piperidine rings is 1. The summed E-state index contributed by atoms with van der Waals surface area (Å²) < 4.78 is 0. The number of halogens is 1. The van der Waals surface area contributed by atoms with Crippen molar-refractivity contribution in [2.45, 2.75) is 18.9 Å². The Balaban J connectivity index is 0.00000156. The summed E-state index contributed by atoms with van der Waals surface area (Å²) in [7, 11) is 0. The lowest BCUT2D eigenvalue weighted by Crippen LogP contribution is -2.36. The number of rotatable bonds is 3. The Morgan fingerprint density at radius 2 is 2.00 bits per heavy atom. The maximum atomic E-state index is 4.31. The largest absolute Gasteiger partial charge is 0.316 e. The van der Waals surface area contributed by atoms with Crippen molar-refractivity contribution in [3.05, 3.63) is 54.4 Å². The van der Waals surface area contributed by atoms with E-state index >= 15 is 0 Å². The van der Waals surface area contributed by atoms with Crippen LogP contribution in [0.1, 0.15) is 24.4 Å². The van der Waals surface area contributed by atoms with Crippen molar-refractivity contribution in [2.75, 3.05) is 13.1 Å². The van der Waals surface area contributed by atoms with Crippen molar-refractivity contribution >= 4 is 23.2 Å². The van der Waals surface area contributed by atoms with E-state index in [1.54, 1.807) is 4.80 Å². The van der Waals surface area contributed by atoms with Gasteiger partial charge in [-0.25, -0.2) is 0 Å². The topological polar surface area (TPSA) is 55.6 Å². The molecule has 1 fully saturated rings. The van der Waals surface area contributed by atoms with Gasteiger partial charge >= 0.3 is 0 Å². The number of hydrogen-bond acceptors (Lipinski definition) is 4. The number of fused-ring (bicyclic) bond motifs is 1. The van der Waals surface area contributed by atoms with Gasteiger partial charge in [0.15, 0.2) is 6.33 Å². The lowest BCUT2D eigenvalue weighted by molar-refractivity contribution is 0.261. The fourth-order valence-electron chi connectivity index (χ4n) is 3.44. The van der Waals surface area contributed by atoms with E-state index in [1.807, 2.05) is 0 Å². The summed E-state index contributed by atoms with van der Waals surface area (Å²) in [6.07, 6.45) is 3.90. The third-order valence-electron chi connectivity index (χ3n) is 4.51. The molecule has 1 saturated heterocycles. The second-order valence-electron chi connectivity index (χ2n) is 5.91. The number of hydrogen-bond donors (Lipinski definition) is 1. The third kappa shape index (κ3) is 3.21. The van der Waals surface area contributed by atoms with Crippen molar-refractivity contribution in [1.82, 2.24) is 25.5 Å². The van der Waals surface area contributed by atoms with Crippen LogP contribution in [0.25, 0.3) is 10.8 Å². The molecule has 4 rings (SSSR count). The van der Waals surface area contributed by atoms with E-state index in [0.717, 1.165) is 13.1 Å². The normalized spacial score (nSPS) is 19.2. The molecule has 1 aromatic heterocycles. The molecule has 0 amide bonds. The first-order chi connectivity index (χ1) is 10.9. The zero-order chi connectivity index (χ0) is 14.8. The molecule has 3 aromatic rings. The van der Waals surface area contributed by atoms with Gasteiger partial charge in [0.1, 0.15) is 6.04 Å². The molecule has 2 atom stereocenters. The van der Waals surface area contributed by atoms with Gasteiger partial charge in [0.2, 0.25) is 0 Å². The van der Waals surface area contributed by atoms with Crippen LogP contribution in [-0.4, -0.2) is 33.3 Å². The highest BCUT2D eigenvalue weighted by atomic mass is 35.5. The molecule has 0 unspecified atom stereocenters. The summed E-state index contributed by atoms with van der Waals surface area (Å²) in [6.45, 7) is 2.10. The molecule has 0 saturated carbocycles. The van der Waals surface area contributed by atoms with E-state index in [0.29, 0.717) is 5.92 Å². The second-order valence-corrected chi connectivity index (χ2v) is 5.91. The zero-order valence-electron chi connectivity index (χ0n) is 12.8. The quantitative estimate of drug-likeness (QED) is 0.802. The summed E-state index contributed by atoms with van der Waals surface area (Å²) in [6, 6.07) is 15.2. The van der Waals surface area contributed by atoms with Gasteiger partial charge in [0.05, 0.1) is 0 Å². The van der Waals surface area contributed by atoms with Gasteiger partial charge < -0.3 is 5.32 Å². The van der Waals surface area contributed by atoms with Crippen LogP contribution in [0.2, 0.25) is 0 Å². The minimum Gasteiger partial charge on any atom is -0.316 e. The first-order valence-corrected chi connectivity index (χ1v) is 7.84. The first-order valence-electron chi connectivity index (χ1n) is 7.84. The molecule has 23 heavy (non-hydrogen) atoms. The number of aromatic nitrogens is 4. The minimum atomic E-state index is 0. The summed E-state index contributed by atoms with van der Waals surface area (Å²) in [5, 5.41) is 18.4. The lowest BCUT2D eigenvalue weighted by Gasteiger charge is -2.30. The van der Waals surface area contributed by atoms with Gasteiger partial charge in [-0.2, -0.15) is 4.80 Å². The maximum absolute atomic E-state index is 4.31. The smallest absolute Gasteiger partial charge is 0.162 e. The summed E-state index contributed by atoms with van der Waals surface area (Å²) in [5.74, 6) is 0.490. The molecule has 5 nitrogen and oxygen atoms in total. The fourth-order valence-corrected chi connectivity index (χ4v) is 3.44. The Morgan fingerprint density at radius 1 is 1.13 bits per heavy atom. The van der Waals surface area contributed by atoms with Crippen molar-refractivity contribution in [1.29, 1.82) is 0 Å². The van der Waals surface area contributed by atoms with Crippen molar-refractivity contribution in [3.8, 4) is 0 Å². The molecule has 2 aromatic carbocycles. The molecule has 0 spiro atoms. The first kappa shape index (κ1) is 15.9. The number of benzene rings is 2. The summed E-state index contributed by atoms with van der Waals surface area (Å²) in [5.41, 5.74) is 1.26. The predicted octanol–water partition coefficient (Wildman–Crippen LogP) is 2.84. The van der Waals surface area contributed by atoms with Gasteiger partial charge in [-0.15, -0.1) is 22.6 Å². The Morgan fingerprint density at radius 3 is 2.74 bits per heavy atom. The van der Waals surface area contributed by atoms with Gasteiger partial charge in [0, 0.05) is 6.54 Å². The Labute approximate surface area is 141 Å². The van der Waals surface area contributed by atoms with Crippen LogP contribution in [0.15, 0.2) is 48.8 Å². The van der Waals surface area contributed by atoms with Crippen LogP contribution in [0.5, 0.6) is 0 Å². The Hall–Kier alpha value is -1.98. The number of nitrogens with one attached hydrogen (secondary N) is 1. The van der Waals surface area contributed by atoms with Gasteiger partial charge in [-0.05, 0) is 52.9 Å². The number of tetrazole rings is 1. The molecule has 1 aliphatic rings. The van der Waals surface area contributed by atoms with Gasteiger partial charge in [0.25, 0.3) is 0 Å². The van der Waals surface area contributed by atoms with Crippen LogP contribution in [0, 0.1) is 5.92 Å². The SMILES string of the molecule is Cl.c1ccc2cc([C@@H]([C@H]3CCCNC3)n3ncnn3)ccc2c1. The zero-order valence-corrected chi connectivity index (χ0v) is 13.6. The highest BCUT2D eigenvalue weighted by Crippen LogP contribution is 2.31. The van der Waals surface area contributed by atoms with Gasteiger partial charge in [-0.1, -0.05) is 36.4 Å². The molecule has 120 valence electrons. The molecule has 0 radical (unpaired) electrons. The van der Waals surface area contributed by atoms with Crippen LogP contribution in [0.4, 0.5) is 0 Å². The highest BCUT2D eigenvalue weighted by Gasteiger charge is 2.28. The van der Waals surface area contributed by atoms with Crippen molar-refractivity contribution in [3.63, 3.8) is 0 Å². The standard InChI is InChI=1S/C17H19N5.ClH/c1-2-5-14-10-15(8-7-13(14)4-1)17(22-20-12-19-21-22)16-6-3-9-18-11-16;/h1-2,4-5,7-8,10,12,16-18H,3,6,9,11H2;1H/t16-,17-;/m0./s1. The van der Waals surface area contributed by atoms with E-state index in [9.17, 15) is 0 Å². The van der Waals surface area contributed by atoms with Crippen molar-refractivity contribution in [2.24, 2.45) is 5.92 Å². The van der Waals surface area contributed by atoms with Crippen molar-refractivity contribution < 1.29 is 0 Å². The van der Waals surface area contributed by atoms with E-state index in [4.69, 9.17) is 0 Å². The molecular weight excluding hydrogens is 310 g/mol. The molecule has 2 heterocycles. The van der Waals surface area contributed by atoms with Crippen LogP contribution in [0.3, 0.4) is 0 Å². The van der Waals surface area contributed by atoms with E-state index < -0.39 is 0 Å². The van der Waals surface area contributed by atoms with E-state index in [1.165, 1.54) is 35.5 Å². The fraction of sp³-hybridized carbons (Fsp3) is 0.353. The maximum Gasteiger partial charge on any atom is 0.162 e. The molecular formula is C17H20ClN5. The monoisotopic (exact) mass is 329 g/mol. The van der Waals surface area contributed by atoms with Crippen LogP contribution >= 0.6 is 12.4 Å². The molecule has 6 heteroatoms. The predicted molar refractivity (Wildman–Crippen MR) is 92.7 cm³/mol. The summed E-state index contributed by atoms with van der Waals surface area (Å²) in [4.78, 5) is 1.77. The average Bonchev–Trinajstić information content (AvgIpc) is 3.10. The minimum absolute atomic E-state index is 0. The van der Waals surface area contributed by atoms with Crippen LogP contribution < -0.4 is 5.32 Å². The van der Waals surface area contributed by atoms with Gasteiger partial charge in [-0.3, -0.25) is 0 Å². The Bertz CT molecular complexity index is 753. The second kappa shape index (κ2) is 7.06. The average molecular weight is 330 g/mol. The molecule has 1 N–H and O–H groups in total. The number of nitrogens with zero attached hydrogens (tertiary/aromatic N) is 4. The molecule has 1 aliphatic heterocycles. The van der Waals surface area contributed by atoms with Crippen LogP contribution in [-0.2, 0) is 0 Å².